The molecule has 0 fully saturated rings. The van der Waals surface area contributed by atoms with Crippen molar-refractivity contribution in [2.24, 2.45) is 5.73 Å². The predicted molar refractivity (Wildman–Crippen MR) is 107 cm³/mol. The fourth-order valence-electron chi connectivity index (χ4n) is 3.93. The number of amides is 1. The average Bonchev–Trinajstić information content (AvgIpc) is 3.27. The van der Waals surface area contributed by atoms with Crippen molar-refractivity contribution in [1.82, 2.24) is 24.6 Å². The first-order chi connectivity index (χ1) is 15.5. The maximum absolute atomic E-state index is 13.1. The number of halogens is 5. The first-order valence-electron chi connectivity index (χ1n) is 9.97. The van der Waals surface area contributed by atoms with Crippen LogP contribution in [0.4, 0.5) is 22.0 Å². The van der Waals surface area contributed by atoms with E-state index in [1.807, 2.05) is 4.90 Å². The van der Waals surface area contributed by atoms with Crippen molar-refractivity contribution in [3.05, 3.63) is 65.0 Å². The van der Waals surface area contributed by atoms with Crippen LogP contribution in [0.3, 0.4) is 0 Å². The van der Waals surface area contributed by atoms with E-state index in [1.54, 1.807) is 6.92 Å². The van der Waals surface area contributed by atoms with E-state index in [0.717, 1.165) is 17.8 Å². The third-order valence-corrected chi connectivity index (χ3v) is 5.68. The zero-order valence-corrected chi connectivity index (χ0v) is 17.4. The zero-order valence-electron chi connectivity index (χ0n) is 17.4. The van der Waals surface area contributed by atoms with Gasteiger partial charge in [-0.15, -0.1) is 0 Å². The minimum atomic E-state index is -4.56. The van der Waals surface area contributed by atoms with Crippen LogP contribution < -0.4 is 5.73 Å². The Balaban J connectivity index is 1.68. The summed E-state index contributed by atoms with van der Waals surface area (Å²) in [5.74, 6) is -0.783. The minimum Gasteiger partial charge on any atom is -0.364 e. The molecule has 0 saturated carbocycles. The molecule has 7 nitrogen and oxygen atoms in total. The predicted octanol–water partition coefficient (Wildman–Crippen LogP) is 3.97. The quantitative estimate of drug-likeness (QED) is 0.575. The molecule has 3 aromatic rings. The number of nitrogens with two attached hydrogens (primary N) is 1. The molecule has 1 aliphatic rings. The van der Waals surface area contributed by atoms with Crippen LogP contribution in [0.5, 0.6) is 0 Å². The molecule has 0 spiro atoms. The van der Waals surface area contributed by atoms with Gasteiger partial charge in [-0.1, -0.05) is 0 Å². The van der Waals surface area contributed by atoms with Crippen molar-refractivity contribution in [2.75, 3.05) is 6.54 Å². The third kappa shape index (κ3) is 4.56. The van der Waals surface area contributed by atoms with Crippen LogP contribution in [0.2, 0.25) is 0 Å². The molecule has 4 heterocycles. The lowest BCUT2D eigenvalue weighted by molar-refractivity contribution is -0.141. The largest absolute Gasteiger partial charge is 0.433 e. The summed E-state index contributed by atoms with van der Waals surface area (Å²) in [6.45, 7) is -0.334. The molecule has 3 aromatic heterocycles. The number of carbonyl (C=O) groups is 1. The topological polar surface area (TPSA) is 89.9 Å². The molecule has 12 heteroatoms. The molecule has 0 aromatic carbocycles. The van der Waals surface area contributed by atoms with Crippen LogP contribution in [0, 0.1) is 0 Å². The molecule has 0 bridgehead atoms. The number of hydrogen-bond donors (Lipinski definition) is 1. The normalized spacial score (nSPS) is 15.5. The molecule has 33 heavy (non-hydrogen) atoms. The number of nitrogens with zero attached hydrogens (tertiary/aromatic N) is 5. The third-order valence-electron chi connectivity index (χ3n) is 5.68. The first-order valence-corrected chi connectivity index (χ1v) is 9.97. The van der Waals surface area contributed by atoms with E-state index in [0.29, 0.717) is 40.0 Å². The van der Waals surface area contributed by atoms with Gasteiger partial charge < -0.3 is 5.73 Å². The van der Waals surface area contributed by atoms with Gasteiger partial charge in [0.25, 0.3) is 5.91 Å². The smallest absolute Gasteiger partial charge is 0.364 e. The summed E-state index contributed by atoms with van der Waals surface area (Å²) in [5.41, 5.74) is 7.02. The van der Waals surface area contributed by atoms with E-state index in [4.69, 9.17) is 5.73 Å². The van der Waals surface area contributed by atoms with Gasteiger partial charge in [0, 0.05) is 37.1 Å². The van der Waals surface area contributed by atoms with Gasteiger partial charge in [-0.3, -0.25) is 14.7 Å². The Morgan fingerprint density at radius 2 is 2.00 bits per heavy atom. The molecule has 2 N–H and O–H groups in total. The van der Waals surface area contributed by atoms with Gasteiger partial charge in [0.1, 0.15) is 11.4 Å². The summed E-state index contributed by atoms with van der Waals surface area (Å²) >= 11 is 0. The monoisotopic (exact) mass is 466 g/mol. The van der Waals surface area contributed by atoms with Gasteiger partial charge in [-0.25, -0.2) is 9.67 Å². The maximum Gasteiger partial charge on any atom is 0.433 e. The average molecular weight is 466 g/mol. The lowest BCUT2D eigenvalue weighted by Crippen LogP contribution is -2.34. The van der Waals surface area contributed by atoms with Crippen molar-refractivity contribution in [1.29, 1.82) is 0 Å². The first kappa shape index (κ1) is 22.8. The van der Waals surface area contributed by atoms with E-state index < -0.39 is 30.4 Å². The molecule has 0 aliphatic carbocycles. The van der Waals surface area contributed by atoms with Crippen LogP contribution in [-0.2, 0) is 19.1 Å². The highest BCUT2D eigenvalue weighted by Gasteiger charge is 2.33. The second kappa shape index (κ2) is 8.50. The van der Waals surface area contributed by atoms with E-state index in [1.165, 1.54) is 24.5 Å². The molecule has 0 unspecified atom stereocenters. The Labute approximate surface area is 185 Å². The molecule has 1 amide bonds. The second-order valence-electron chi connectivity index (χ2n) is 7.70. The summed E-state index contributed by atoms with van der Waals surface area (Å²) in [6.07, 6.45) is -0.542. The molecule has 4 rings (SSSR count). The highest BCUT2D eigenvalue weighted by Crippen LogP contribution is 2.35. The number of primary amides is 1. The van der Waals surface area contributed by atoms with Crippen LogP contribution in [0.1, 0.15) is 52.5 Å². The van der Waals surface area contributed by atoms with Crippen molar-refractivity contribution < 1.29 is 26.7 Å². The van der Waals surface area contributed by atoms with Crippen molar-refractivity contribution in [3.8, 4) is 11.1 Å². The Hall–Kier alpha value is -3.41. The van der Waals surface area contributed by atoms with E-state index in [9.17, 15) is 26.7 Å². The summed E-state index contributed by atoms with van der Waals surface area (Å²) in [5, 5.41) is 3.65. The van der Waals surface area contributed by atoms with Crippen molar-refractivity contribution >= 4 is 5.91 Å². The molecule has 0 saturated heterocycles. The fraction of sp³-hybridized carbons (Fsp3) is 0.333. The number of carbonyl (C=O) groups excluding carboxylic acids is 1. The lowest BCUT2D eigenvalue weighted by atomic mass is 9.93. The van der Waals surface area contributed by atoms with E-state index in [2.05, 4.69) is 15.1 Å². The van der Waals surface area contributed by atoms with Crippen LogP contribution >= 0.6 is 0 Å². The number of alkyl halides is 5. The van der Waals surface area contributed by atoms with Gasteiger partial charge in [-0.05, 0) is 48.2 Å². The Morgan fingerprint density at radius 3 is 2.64 bits per heavy atom. The summed E-state index contributed by atoms with van der Waals surface area (Å²) in [4.78, 5) is 21.5. The Bertz CT molecular complexity index is 1190. The van der Waals surface area contributed by atoms with Crippen LogP contribution in [0.15, 0.2) is 36.8 Å². The molecular formula is C21H19F5N6O. The standard InChI is InChI=1S/C21H19F5N6O/c1-11(12-2-4-28-18(6-12)21(24,25)26)31-5-3-14-15(13-8-29-32(9-13)20(22)23)7-16(19(27)33)30-17(14)10-31/h2,4,6-9,11,20H,3,5,10H2,1H3,(H2,27,33)/t11-/m0/s1. The zero-order chi connectivity index (χ0) is 23.9. The second-order valence-corrected chi connectivity index (χ2v) is 7.70. The lowest BCUT2D eigenvalue weighted by Gasteiger charge is -2.34. The van der Waals surface area contributed by atoms with E-state index in [-0.39, 0.29) is 12.2 Å². The summed E-state index contributed by atoms with van der Waals surface area (Å²) < 4.78 is 65.7. The Kier molecular flexibility index (Phi) is 5.87. The van der Waals surface area contributed by atoms with Crippen molar-refractivity contribution in [2.45, 2.75) is 38.7 Å². The van der Waals surface area contributed by atoms with Gasteiger partial charge >= 0.3 is 12.7 Å². The SMILES string of the molecule is C[C@@H](c1ccnc(C(F)(F)F)c1)N1CCc2c(-c3cnn(C(F)F)c3)cc(C(N)=O)nc2C1. The van der Waals surface area contributed by atoms with E-state index >= 15 is 0 Å². The number of fused-ring (bicyclic) bond motifs is 1. The van der Waals surface area contributed by atoms with Gasteiger partial charge in [0.2, 0.25) is 0 Å². The highest BCUT2D eigenvalue weighted by molar-refractivity contribution is 5.92. The summed E-state index contributed by atoms with van der Waals surface area (Å²) in [6, 6.07) is 3.59. The molecule has 0 radical (unpaired) electrons. The van der Waals surface area contributed by atoms with Gasteiger partial charge in [0.05, 0.1) is 11.9 Å². The van der Waals surface area contributed by atoms with Crippen molar-refractivity contribution in [3.63, 3.8) is 0 Å². The number of aromatic nitrogens is 4. The number of rotatable bonds is 5. The maximum atomic E-state index is 13.1. The van der Waals surface area contributed by atoms with Gasteiger partial charge in [0.15, 0.2) is 0 Å². The Morgan fingerprint density at radius 1 is 1.24 bits per heavy atom. The molecule has 1 aliphatic heterocycles. The molecule has 1 atom stereocenters. The molecular weight excluding hydrogens is 447 g/mol. The van der Waals surface area contributed by atoms with Crippen LogP contribution in [-0.4, -0.2) is 37.1 Å². The summed E-state index contributed by atoms with van der Waals surface area (Å²) in [7, 11) is 0. The molecule has 174 valence electrons. The number of pyridine rings is 2. The highest BCUT2D eigenvalue weighted by atomic mass is 19.4. The fourth-order valence-corrected chi connectivity index (χ4v) is 3.93. The van der Waals surface area contributed by atoms with Crippen LogP contribution in [0.25, 0.3) is 11.1 Å². The minimum absolute atomic E-state index is 0.0358. The van der Waals surface area contributed by atoms with Gasteiger partial charge in [-0.2, -0.15) is 27.1 Å². The number of hydrogen-bond acceptors (Lipinski definition) is 5.